The van der Waals surface area contributed by atoms with E-state index >= 15 is 0 Å². The van der Waals surface area contributed by atoms with E-state index in [9.17, 15) is 9.59 Å². The van der Waals surface area contributed by atoms with Gasteiger partial charge in [0.15, 0.2) is 0 Å². The van der Waals surface area contributed by atoms with Gasteiger partial charge in [-0.3, -0.25) is 9.59 Å². The first-order valence-corrected chi connectivity index (χ1v) is 13.3. The van der Waals surface area contributed by atoms with Crippen molar-refractivity contribution in [3.8, 4) is 5.75 Å². The Morgan fingerprint density at radius 2 is 1.67 bits per heavy atom. The normalized spacial score (nSPS) is 11.7. The van der Waals surface area contributed by atoms with Gasteiger partial charge in [0.1, 0.15) is 11.8 Å². The van der Waals surface area contributed by atoms with Crippen LogP contribution in [0.2, 0.25) is 5.02 Å². The summed E-state index contributed by atoms with van der Waals surface area (Å²) in [5.41, 5.74) is 1.95. The smallest absolute Gasteiger partial charge is 0.243 e. The predicted octanol–water partition coefficient (Wildman–Crippen LogP) is 6.43. The second-order valence-corrected chi connectivity index (χ2v) is 10.3. The van der Waals surface area contributed by atoms with Crippen LogP contribution in [0.4, 0.5) is 0 Å². The Bertz CT molecular complexity index is 1120. The van der Waals surface area contributed by atoms with Crippen molar-refractivity contribution in [2.45, 2.75) is 51.7 Å². The van der Waals surface area contributed by atoms with Crippen molar-refractivity contribution in [2.75, 3.05) is 6.61 Å². The summed E-state index contributed by atoms with van der Waals surface area (Å²) in [7, 11) is 0. The number of hydrogen-bond acceptors (Lipinski definition) is 3. The molecular weight excluding hydrogens is 540 g/mol. The van der Waals surface area contributed by atoms with Gasteiger partial charge in [0.2, 0.25) is 11.8 Å². The van der Waals surface area contributed by atoms with Crippen molar-refractivity contribution in [3.05, 3.63) is 99.5 Å². The molecule has 0 radical (unpaired) electrons. The highest BCUT2D eigenvalue weighted by molar-refractivity contribution is 9.10. The fraction of sp³-hybridized carbons (Fsp3) is 0.310. The third kappa shape index (κ3) is 8.99. The molecule has 0 heterocycles. The third-order valence-electron chi connectivity index (χ3n) is 5.56. The molecule has 3 aromatic carbocycles. The highest BCUT2D eigenvalue weighted by Gasteiger charge is 2.30. The van der Waals surface area contributed by atoms with E-state index < -0.39 is 6.04 Å². The van der Waals surface area contributed by atoms with Crippen LogP contribution < -0.4 is 10.1 Å². The molecule has 3 aromatic rings. The summed E-state index contributed by atoms with van der Waals surface area (Å²) in [5, 5.41) is 3.65. The van der Waals surface area contributed by atoms with Gasteiger partial charge in [-0.25, -0.2) is 0 Å². The zero-order valence-electron chi connectivity index (χ0n) is 20.6. The SMILES string of the molecule is CC(C)NC(=O)[C@@H](Cc1ccccc1)N(Cc1cccc(Br)c1)C(=O)CCCOc1ccc(Cl)cc1. The lowest BCUT2D eigenvalue weighted by atomic mass is 10.0. The van der Waals surface area contributed by atoms with Crippen LogP contribution in [0.3, 0.4) is 0 Å². The van der Waals surface area contributed by atoms with E-state index in [1.54, 1.807) is 29.2 Å². The average Bonchev–Trinajstić information content (AvgIpc) is 2.85. The minimum Gasteiger partial charge on any atom is -0.494 e. The number of amides is 2. The van der Waals surface area contributed by atoms with E-state index in [4.69, 9.17) is 16.3 Å². The summed E-state index contributed by atoms with van der Waals surface area (Å²) in [4.78, 5) is 28.6. The van der Waals surface area contributed by atoms with E-state index in [1.165, 1.54) is 0 Å². The number of nitrogens with zero attached hydrogens (tertiary/aromatic N) is 1. The zero-order chi connectivity index (χ0) is 25.9. The summed E-state index contributed by atoms with van der Waals surface area (Å²) >= 11 is 9.44. The Hall–Kier alpha value is -2.83. The van der Waals surface area contributed by atoms with Crippen LogP contribution in [-0.2, 0) is 22.6 Å². The molecule has 1 N–H and O–H groups in total. The molecule has 36 heavy (non-hydrogen) atoms. The molecule has 0 aliphatic heterocycles. The molecule has 1 atom stereocenters. The number of ether oxygens (including phenoxy) is 1. The number of hydrogen-bond donors (Lipinski definition) is 1. The average molecular weight is 572 g/mol. The number of carbonyl (C=O) groups excluding carboxylic acids is 2. The summed E-state index contributed by atoms with van der Waals surface area (Å²) in [5.74, 6) is 0.459. The minimum atomic E-state index is -0.640. The lowest BCUT2D eigenvalue weighted by molar-refractivity contribution is -0.141. The molecule has 0 aliphatic rings. The summed E-state index contributed by atoms with van der Waals surface area (Å²) in [6, 6.07) is 24.1. The molecule has 5 nitrogen and oxygen atoms in total. The first-order chi connectivity index (χ1) is 17.3. The molecule has 190 valence electrons. The molecule has 0 aromatic heterocycles. The van der Waals surface area contributed by atoms with Gasteiger partial charge in [-0.05, 0) is 67.8 Å². The fourth-order valence-corrected chi connectivity index (χ4v) is 4.43. The summed E-state index contributed by atoms with van der Waals surface area (Å²) in [6.45, 7) is 4.57. The molecule has 3 rings (SSSR count). The van der Waals surface area contributed by atoms with Crippen LogP contribution in [-0.4, -0.2) is 35.4 Å². The maximum Gasteiger partial charge on any atom is 0.243 e. The lowest BCUT2D eigenvalue weighted by Gasteiger charge is -2.32. The van der Waals surface area contributed by atoms with Crippen LogP contribution >= 0.6 is 27.5 Å². The maximum atomic E-state index is 13.6. The molecule has 0 saturated carbocycles. The van der Waals surface area contributed by atoms with Gasteiger partial charge in [-0.15, -0.1) is 0 Å². The second-order valence-electron chi connectivity index (χ2n) is 8.93. The molecule has 0 spiro atoms. The van der Waals surface area contributed by atoms with Gasteiger partial charge in [0, 0.05) is 34.9 Å². The van der Waals surface area contributed by atoms with Gasteiger partial charge in [-0.2, -0.15) is 0 Å². The molecule has 7 heteroatoms. The largest absolute Gasteiger partial charge is 0.494 e. The number of halogens is 2. The zero-order valence-corrected chi connectivity index (χ0v) is 23.0. The van der Waals surface area contributed by atoms with E-state index in [1.807, 2.05) is 68.4 Å². The standard InChI is InChI=1S/C29H32BrClN2O3/c1-21(2)32-29(35)27(19-22-8-4-3-5-9-22)33(20-23-10-6-11-24(30)18-23)28(34)12-7-17-36-26-15-13-25(31)14-16-26/h3-6,8-11,13-16,18,21,27H,7,12,17,19-20H2,1-2H3,(H,32,35)/t27-/m1/s1. The van der Waals surface area contributed by atoms with E-state index in [2.05, 4.69) is 21.2 Å². The number of rotatable bonds is 12. The van der Waals surface area contributed by atoms with Crippen LogP contribution in [0.5, 0.6) is 5.75 Å². The molecular formula is C29H32BrClN2O3. The number of carbonyl (C=O) groups is 2. The van der Waals surface area contributed by atoms with Crippen LogP contribution in [0, 0.1) is 0 Å². The molecule has 0 unspecified atom stereocenters. The molecule has 0 bridgehead atoms. The number of nitrogens with one attached hydrogen (secondary N) is 1. The Labute approximate surface area is 226 Å². The Morgan fingerprint density at radius 3 is 2.33 bits per heavy atom. The topological polar surface area (TPSA) is 58.6 Å². The van der Waals surface area contributed by atoms with Crippen molar-refractivity contribution in [1.29, 1.82) is 0 Å². The first-order valence-electron chi connectivity index (χ1n) is 12.1. The van der Waals surface area contributed by atoms with E-state index in [0.29, 0.717) is 36.8 Å². The van der Waals surface area contributed by atoms with Gasteiger partial charge in [-0.1, -0.05) is 70.0 Å². The van der Waals surface area contributed by atoms with Crippen molar-refractivity contribution in [1.82, 2.24) is 10.2 Å². The highest BCUT2D eigenvalue weighted by atomic mass is 79.9. The number of benzene rings is 3. The lowest BCUT2D eigenvalue weighted by Crippen LogP contribution is -2.51. The Balaban J connectivity index is 1.78. The summed E-state index contributed by atoms with van der Waals surface area (Å²) in [6.07, 6.45) is 1.22. The Kier molecular flexibility index (Phi) is 10.8. The van der Waals surface area contributed by atoms with Crippen LogP contribution in [0.15, 0.2) is 83.3 Å². The van der Waals surface area contributed by atoms with Crippen molar-refractivity contribution in [2.24, 2.45) is 0 Å². The van der Waals surface area contributed by atoms with Crippen LogP contribution in [0.1, 0.15) is 37.8 Å². The highest BCUT2D eigenvalue weighted by Crippen LogP contribution is 2.20. The quantitative estimate of drug-likeness (QED) is 0.255. The van der Waals surface area contributed by atoms with Gasteiger partial charge < -0.3 is 15.0 Å². The van der Waals surface area contributed by atoms with E-state index in [0.717, 1.165) is 15.6 Å². The third-order valence-corrected chi connectivity index (χ3v) is 6.31. The van der Waals surface area contributed by atoms with Crippen molar-refractivity contribution < 1.29 is 14.3 Å². The van der Waals surface area contributed by atoms with Gasteiger partial charge in [0.05, 0.1) is 6.61 Å². The van der Waals surface area contributed by atoms with Crippen LogP contribution in [0.25, 0.3) is 0 Å². The van der Waals surface area contributed by atoms with Gasteiger partial charge >= 0.3 is 0 Å². The monoisotopic (exact) mass is 570 g/mol. The van der Waals surface area contributed by atoms with Crippen molar-refractivity contribution in [3.63, 3.8) is 0 Å². The molecule has 0 saturated heterocycles. The summed E-state index contributed by atoms with van der Waals surface area (Å²) < 4.78 is 6.69. The second kappa shape index (κ2) is 14.0. The molecule has 0 aliphatic carbocycles. The predicted molar refractivity (Wildman–Crippen MR) is 148 cm³/mol. The molecule has 2 amide bonds. The van der Waals surface area contributed by atoms with Gasteiger partial charge in [0.25, 0.3) is 0 Å². The van der Waals surface area contributed by atoms with E-state index in [-0.39, 0.29) is 24.3 Å². The minimum absolute atomic E-state index is 0.0358. The first kappa shape index (κ1) is 27.8. The maximum absolute atomic E-state index is 13.6. The fourth-order valence-electron chi connectivity index (χ4n) is 3.85. The van der Waals surface area contributed by atoms with Crippen molar-refractivity contribution >= 4 is 39.3 Å². The Morgan fingerprint density at radius 1 is 0.972 bits per heavy atom. The molecule has 0 fully saturated rings.